The summed E-state index contributed by atoms with van der Waals surface area (Å²) in [5, 5.41) is 2.94. The van der Waals surface area contributed by atoms with Gasteiger partial charge in [-0.2, -0.15) is 0 Å². The number of pyridine rings is 1. The predicted octanol–water partition coefficient (Wildman–Crippen LogP) is 0.761. The van der Waals surface area contributed by atoms with Gasteiger partial charge in [0.05, 0.1) is 0 Å². The van der Waals surface area contributed by atoms with E-state index < -0.39 is 0 Å². The highest BCUT2D eigenvalue weighted by Gasteiger charge is 2.37. The summed E-state index contributed by atoms with van der Waals surface area (Å²) in [6.07, 6.45) is 2.79. The summed E-state index contributed by atoms with van der Waals surface area (Å²) >= 11 is 0. The first-order valence-electron chi connectivity index (χ1n) is 8.92. The number of amides is 2. The number of hydrogen-bond donors (Lipinski definition) is 2. The molecule has 0 spiro atoms. The minimum atomic E-state index is -0.245. The third-order valence-electron chi connectivity index (χ3n) is 4.95. The molecule has 3 unspecified atom stereocenters. The fourth-order valence-electron chi connectivity index (χ4n) is 3.47. The van der Waals surface area contributed by atoms with Crippen LogP contribution in [0.1, 0.15) is 23.2 Å². The Balaban J connectivity index is 1.67. The molecule has 1 aromatic heterocycles. The van der Waals surface area contributed by atoms with Gasteiger partial charge in [0.1, 0.15) is 0 Å². The van der Waals surface area contributed by atoms with Gasteiger partial charge in [-0.1, -0.05) is 6.07 Å². The van der Waals surface area contributed by atoms with Crippen molar-refractivity contribution in [2.75, 3.05) is 14.1 Å². The maximum absolute atomic E-state index is 12.5. The van der Waals surface area contributed by atoms with Crippen molar-refractivity contribution in [1.82, 2.24) is 14.8 Å². The smallest absolute Gasteiger partial charge is 0.255 e. The topological polar surface area (TPSA) is 97.4 Å². The van der Waals surface area contributed by atoms with Crippen molar-refractivity contribution in [3.05, 3.63) is 64.6 Å². The second-order valence-electron chi connectivity index (χ2n) is 7.10. The molecular formula is C20H24N4O3. The molecule has 1 saturated carbocycles. The fraction of sp³-hybridized carbons (Fsp3) is 0.350. The largest absolute Gasteiger partial charge is 0.349 e. The molecule has 1 aliphatic rings. The van der Waals surface area contributed by atoms with E-state index in [9.17, 15) is 14.4 Å². The summed E-state index contributed by atoms with van der Waals surface area (Å²) in [5.74, 6) is -0.354. The number of benzene rings is 1. The number of nitrogens with zero attached hydrogens (tertiary/aromatic N) is 2. The normalized spacial score (nSPS) is 21.7. The molecule has 1 fully saturated rings. The fourth-order valence-corrected chi connectivity index (χ4v) is 3.47. The van der Waals surface area contributed by atoms with Crippen LogP contribution >= 0.6 is 0 Å². The lowest BCUT2D eigenvalue weighted by molar-refractivity contribution is -0.132. The van der Waals surface area contributed by atoms with E-state index in [4.69, 9.17) is 5.73 Å². The molecule has 7 nitrogen and oxygen atoms in total. The Bertz CT molecular complexity index is 889. The number of rotatable bonds is 4. The van der Waals surface area contributed by atoms with Crippen LogP contribution in [0.4, 0.5) is 0 Å². The van der Waals surface area contributed by atoms with Crippen LogP contribution in [-0.2, 0) is 4.79 Å². The molecule has 1 aliphatic carbocycles. The Morgan fingerprint density at radius 1 is 1.11 bits per heavy atom. The third kappa shape index (κ3) is 4.09. The number of nitrogens with one attached hydrogen (secondary N) is 1. The minimum absolute atomic E-state index is 0.0415. The molecule has 27 heavy (non-hydrogen) atoms. The molecule has 0 radical (unpaired) electrons. The highest BCUT2D eigenvalue weighted by Crippen LogP contribution is 2.26. The maximum Gasteiger partial charge on any atom is 0.255 e. The van der Waals surface area contributed by atoms with Crippen LogP contribution in [0.15, 0.2) is 53.5 Å². The Kier molecular flexibility index (Phi) is 5.41. The van der Waals surface area contributed by atoms with Crippen LogP contribution in [0.2, 0.25) is 0 Å². The molecule has 0 saturated heterocycles. The van der Waals surface area contributed by atoms with E-state index in [0.717, 1.165) is 0 Å². The molecule has 3 rings (SSSR count). The first-order valence-corrected chi connectivity index (χ1v) is 8.92. The average Bonchev–Trinajstić information content (AvgIpc) is 3.02. The summed E-state index contributed by atoms with van der Waals surface area (Å²) in [7, 11) is 3.44. The molecular weight excluding hydrogens is 344 g/mol. The quantitative estimate of drug-likeness (QED) is 0.833. The number of carbonyl (C=O) groups is 2. The number of carbonyl (C=O) groups excluding carboxylic acids is 2. The summed E-state index contributed by atoms with van der Waals surface area (Å²) in [5.41, 5.74) is 7.16. The van der Waals surface area contributed by atoms with Gasteiger partial charge in [0.15, 0.2) is 0 Å². The van der Waals surface area contributed by atoms with E-state index in [-0.39, 0.29) is 35.4 Å². The summed E-state index contributed by atoms with van der Waals surface area (Å²) in [6.45, 7) is 0. The first-order chi connectivity index (χ1) is 12.9. The molecule has 2 amide bonds. The summed E-state index contributed by atoms with van der Waals surface area (Å²) < 4.78 is 1.51. The zero-order valence-corrected chi connectivity index (χ0v) is 15.5. The standard InChI is InChI=1S/C20H24N4O3/c1-23(2)20(27)14-11-16(21)17(12-14)22-19(26)13-6-8-15(9-7-13)24-10-4-3-5-18(24)25/h3-10,14,16-17H,11-12,21H2,1-2H3,(H,22,26). The maximum atomic E-state index is 12.5. The lowest BCUT2D eigenvalue weighted by Crippen LogP contribution is -2.44. The van der Waals surface area contributed by atoms with Crippen LogP contribution in [0, 0.1) is 5.92 Å². The molecule has 0 bridgehead atoms. The monoisotopic (exact) mass is 368 g/mol. The van der Waals surface area contributed by atoms with Gasteiger partial charge in [-0.05, 0) is 43.2 Å². The molecule has 1 heterocycles. The summed E-state index contributed by atoms with van der Waals surface area (Å²) in [4.78, 5) is 38.1. The van der Waals surface area contributed by atoms with Crippen molar-refractivity contribution >= 4 is 11.8 Å². The van der Waals surface area contributed by atoms with E-state index in [1.807, 2.05) is 0 Å². The Hall–Kier alpha value is -2.93. The van der Waals surface area contributed by atoms with Gasteiger partial charge >= 0.3 is 0 Å². The third-order valence-corrected chi connectivity index (χ3v) is 4.95. The molecule has 3 atom stereocenters. The van der Waals surface area contributed by atoms with Crippen molar-refractivity contribution in [2.45, 2.75) is 24.9 Å². The van der Waals surface area contributed by atoms with Gasteiger partial charge < -0.3 is 16.0 Å². The molecule has 3 N–H and O–H groups in total. The lowest BCUT2D eigenvalue weighted by Gasteiger charge is -2.18. The second kappa shape index (κ2) is 7.75. The Labute approximate surface area is 157 Å². The van der Waals surface area contributed by atoms with Crippen molar-refractivity contribution < 1.29 is 9.59 Å². The Morgan fingerprint density at radius 3 is 2.44 bits per heavy atom. The Morgan fingerprint density at radius 2 is 1.81 bits per heavy atom. The van der Waals surface area contributed by atoms with E-state index in [1.54, 1.807) is 61.6 Å². The van der Waals surface area contributed by atoms with Gasteiger partial charge in [0, 0.05) is 55.6 Å². The van der Waals surface area contributed by atoms with Crippen molar-refractivity contribution in [3.8, 4) is 5.69 Å². The van der Waals surface area contributed by atoms with Gasteiger partial charge in [0.25, 0.3) is 11.5 Å². The summed E-state index contributed by atoms with van der Waals surface area (Å²) in [6, 6.07) is 11.3. The average molecular weight is 368 g/mol. The van der Waals surface area contributed by atoms with Crippen molar-refractivity contribution in [3.63, 3.8) is 0 Å². The zero-order valence-electron chi connectivity index (χ0n) is 15.5. The van der Waals surface area contributed by atoms with E-state index in [1.165, 1.54) is 10.6 Å². The molecule has 142 valence electrons. The number of aromatic nitrogens is 1. The van der Waals surface area contributed by atoms with Crippen LogP contribution in [0.5, 0.6) is 0 Å². The van der Waals surface area contributed by atoms with Gasteiger partial charge in [0.2, 0.25) is 5.91 Å². The molecule has 2 aromatic rings. The number of hydrogen-bond acceptors (Lipinski definition) is 4. The van der Waals surface area contributed by atoms with E-state index >= 15 is 0 Å². The van der Waals surface area contributed by atoms with Crippen LogP contribution in [-0.4, -0.2) is 47.5 Å². The molecule has 1 aromatic carbocycles. The first kappa shape index (κ1) is 18.8. The number of nitrogens with two attached hydrogens (primary N) is 1. The molecule has 0 aliphatic heterocycles. The molecule has 7 heteroatoms. The highest BCUT2D eigenvalue weighted by molar-refractivity contribution is 5.94. The lowest BCUT2D eigenvalue weighted by atomic mass is 10.1. The predicted molar refractivity (Wildman–Crippen MR) is 103 cm³/mol. The second-order valence-corrected chi connectivity index (χ2v) is 7.10. The van der Waals surface area contributed by atoms with Gasteiger partial charge in [-0.3, -0.25) is 19.0 Å². The van der Waals surface area contributed by atoms with E-state index in [2.05, 4.69) is 5.32 Å². The van der Waals surface area contributed by atoms with Crippen LogP contribution in [0.3, 0.4) is 0 Å². The SMILES string of the molecule is CN(C)C(=O)C1CC(N)C(NC(=O)c2ccc(-n3ccccc3=O)cc2)C1. The van der Waals surface area contributed by atoms with Crippen molar-refractivity contribution in [2.24, 2.45) is 11.7 Å². The van der Waals surface area contributed by atoms with E-state index in [0.29, 0.717) is 24.1 Å². The van der Waals surface area contributed by atoms with Gasteiger partial charge in [-0.25, -0.2) is 0 Å². The van der Waals surface area contributed by atoms with Gasteiger partial charge in [-0.15, -0.1) is 0 Å². The van der Waals surface area contributed by atoms with Crippen LogP contribution < -0.4 is 16.6 Å². The highest BCUT2D eigenvalue weighted by atomic mass is 16.2. The minimum Gasteiger partial charge on any atom is -0.349 e. The zero-order chi connectivity index (χ0) is 19.6. The van der Waals surface area contributed by atoms with Crippen LogP contribution in [0.25, 0.3) is 5.69 Å². The van der Waals surface area contributed by atoms with Crippen molar-refractivity contribution in [1.29, 1.82) is 0 Å².